The van der Waals surface area contributed by atoms with Crippen LogP contribution in [-0.4, -0.2) is 12.4 Å². The molecule has 3 rings (SSSR count). The molecule has 0 saturated carbocycles. The molecule has 2 nitrogen and oxygen atoms in total. The molecule has 0 aromatic heterocycles. The maximum absolute atomic E-state index is 4.67. The summed E-state index contributed by atoms with van der Waals surface area (Å²) in [4.78, 5) is 4.67. The van der Waals surface area contributed by atoms with Crippen LogP contribution in [0.4, 0.5) is 5.69 Å². The van der Waals surface area contributed by atoms with E-state index in [1.165, 1.54) is 22.0 Å². The standard InChI is InChI=1S/C15H16N2.ClH/c1-10(2)9-16-15-12-7-3-5-11-6-4-8-13(17-15)14(11)12;/h3-8,10H,9H2,1-2H3,(H,16,17);1H. The van der Waals surface area contributed by atoms with Gasteiger partial charge in [0.2, 0.25) is 0 Å². The van der Waals surface area contributed by atoms with Crippen molar-refractivity contribution in [1.29, 1.82) is 0 Å². The molecule has 1 N–H and O–H groups in total. The molecular formula is C15H17ClN2. The van der Waals surface area contributed by atoms with E-state index in [-0.39, 0.29) is 12.4 Å². The molecule has 18 heavy (non-hydrogen) atoms. The first-order valence-corrected chi connectivity index (χ1v) is 6.09. The van der Waals surface area contributed by atoms with Gasteiger partial charge in [-0.1, -0.05) is 44.2 Å². The number of nitrogens with zero attached hydrogens (tertiary/aromatic N) is 1. The van der Waals surface area contributed by atoms with Gasteiger partial charge in [0, 0.05) is 23.2 Å². The molecule has 0 saturated heterocycles. The SMILES string of the molecule is CC(C)CN=C1Nc2cccc3cccc1c23.Cl. The Kier molecular flexibility index (Phi) is 3.58. The summed E-state index contributed by atoms with van der Waals surface area (Å²) >= 11 is 0. The van der Waals surface area contributed by atoms with E-state index in [2.05, 4.69) is 60.6 Å². The van der Waals surface area contributed by atoms with E-state index in [0.717, 1.165) is 12.4 Å². The number of benzene rings is 2. The highest BCUT2D eigenvalue weighted by molar-refractivity contribution is 6.25. The number of amidine groups is 1. The van der Waals surface area contributed by atoms with Crippen molar-refractivity contribution < 1.29 is 0 Å². The second-order valence-corrected chi connectivity index (χ2v) is 4.92. The minimum Gasteiger partial charge on any atom is -0.339 e. The molecule has 1 aliphatic heterocycles. The van der Waals surface area contributed by atoms with Gasteiger partial charge < -0.3 is 5.32 Å². The van der Waals surface area contributed by atoms with Crippen molar-refractivity contribution in [2.45, 2.75) is 13.8 Å². The summed E-state index contributed by atoms with van der Waals surface area (Å²) in [5, 5.41) is 6.00. The van der Waals surface area contributed by atoms with Crippen LogP contribution in [0.25, 0.3) is 10.8 Å². The molecule has 0 atom stereocenters. The van der Waals surface area contributed by atoms with Crippen molar-refractivity contribution >= 4 is 34.7 Å². The fraction of sp³-hybridized carbons (Fsp3) is 0.267. The smallest absolute Gasteiger partial charge is 0.133 e. The van der Waals surface area contributed by atoms with Crippen LogP contribution in [0.2, 0.25) is 0 Å². The average molecular weight is 261 g/mol. The molecule has 1 aliphatic rings. The van der Waals surface area contributed by atoms with E-state index in [0.29, 0.717) is 5.92 Å². The van der Waals surface area contributed by atoms with Crippen molar-refractivity contribution in [2.75, 3.05) is 11.9 Å². The lowest BCUT2D eigenvalue weighted by molar-refractivity contribution is 0.666. The normalized spacial score (nSPS) is 14.9. The third-order valence-electron chi connectivity index (χ3n) is 3.03. The molecule has 1 heterocycles. The molecule has 0 spiro atoms. The largest absolute Gasteiger partial charge is 0.339 e. The molecule has 0 fully saturated rings. The van der Waals surface area contributed by atoms with E-state index in [9.17, 15) is 0 Å². The Bertz CT molecular complexity index is 597. The highest BCUT2D eigenvalue weighted by Crippen LogP contribution is 2.32. The number of aliphatic imine (C=N–C) groups is 1. The zero-order valence-corrected chi connectivity index (χ0v) is 11.4. The molecule has 2 aromatic carbocycles. The van der Waals surface area contributed by atoms with Gasteiger partial charge in [0.05, 0.1) is 0 Å². The summed E-state index contributed by atoms with van der Waals surface area (Å²) < 4.78 is 0. The predicted molar refractivity (Wildman–Crippen MR) is 81.1 cm³/mol. The molecule has 0 amide bonds. The zero-order chi connectivity index (χ0) is 11.8. The van der Waals surface area contributed by atoms with Crippen molar-refractivity contribution in [1.82, 2.24) is 0 Å². The first-order valence-electron chi connectivity index (χ1n) is 6.09. The minimum atomic E-state index is 0. The predicted octanol–water partition coefficient (Wildman–Crippen LogP) is 4.09. The van der Waals surface area contributed by atoms with E-state index < -0.39 is 0 Å². The molecular weight excluding hydrogens is 244 g/mol. The van der Waals surface area contributed by atoms with E-state index in [4.69, 9.17) is 0 Å². The maximum atomic E-state index is 4.67. The Hall–Kier alpha value is -1.54. The van der Waals surface area contributed by atoms with Gasteiger partial charge in [-0.25, -0.2) is 0 Å². The molecule has 0 unspecified atom stereocenters. The van der Waals surface area contributed by atoms with Gasteiger partial charge in [0.1, 0.15) is 5.84 Å². The molecule has 0 radical (unpaired) electrons. The Morgan fingerprint density at radius 2 is 1.83 bits per heavy atom. The fourth-order valence-corrected chi connectivity index (χ4v) is 2.24. The van der Waals surface area contributed by atoms with E-state index in [1.807, 2.05) is 0 Å². The topological polar surface area (TPSA) is 24.4 Å². The summed E-state index contributed by atoms with van der Waals surface area (Å²) in [5.74, 6) is 1.61. The lowest BCUT2D eigenvalue weighted by Gasteiger charge is -2.03. The quantitative estimate of drug-likeness (QED) is 0.864. The fourth-order valence-electron chi connectivity index (χ4n) is 2.24. The zero-order valence-electron chi connectivity index (χ0n) is 10.6. The van der Waals surface area contributed by atoms with Gasteiger partial charge >= 0.3 is 0 Å². The van der Waals surface area contributed by atoms with Crippen molar-refractivity contribution in [3.63, 3.8) is 0 Å². The third kappa shape index (κ3) is 2.08. The van der Waals surface area contributed by atoms with Gasteiger partial charge in [0.25, 0.3) is 0 Å². The first-order chi connectivity index (χ1) is 8.25. The average Bonchev–Trinajstić information content (AvgIpc) is 2.68. The van der Waals surface area contributed by atoms with Crippen LogP contribution in [0, 0.1) is 5.92 Å². The van der Waals surface area contributed by atoms with Crippen LogP contribution in [0.5, 0.6) is 0 Å². The Balaban J connectivity index is 0.00000120. The highest BCUT2D eigenvalue weighted by Gasteiger charge is 2.18. The van der Waals surface area contributed by atoms with Gasteiger partial charge in [-0.15, -0.1) is 12.4 Å². The van der Waals surface area contributed by atoms with E-state index in [1.54, 1.807) is 0 Å². The lowest BCUT2D eigenvalue weighted by atomic mass is 10.1. The number of halogens is 1. The van der Waals surface area contributed by atoms with Crippen molar-refractivity contribution in [2.24, 2.45) is 10.9 Å². The number of rotatable bonds is 2. The second kappa shape index (κ2) is 4.99. The van der Waals surface area contributed by atoms with Crippen LogP contribution in [0.3, 0.4) is 0 Å². The number of hydrogen-bond donors (Lipinski definition) is 1. The van der Waals surface area contributed by atoms with Gasteiger partial charge in [-0.05, 0) is 17.4 Å². The molecule has 3 heteroatoms. The lowest BCUT2D eigenvalue weighted by Crippen LogP contribution is -2.09. The summed E-state index contributed by atoms with van der Waals surface area (Å²) in [6.45, 7) is 5.24. The number of hydrogen-bond acceptors (Lipinski definition) is 1. The van der Waals surface area contributed by atoms with Crippen LogP contribution in [-0.2, 0) is 0 Å². The van der Waals surface area contributed by atoms with Gasteiger partial charge in [-0.3, -0.25) is 4.99 Å². The van der Waals surface area contributed by atoms with E-state index >= 15 is 0 Å². The maximum Gasteiger partial charge on any atom is 0.133 e. The van der Waals surface area contributed by atoms with Crippen LogP contribution in [0.15, 0.2) is 41.4 Å². The summed E-state index contributed by atoms with van der Waals surface area (Å²) in [7, 11) is 0. The molecule has 94 valence electrons. The number of nitrogens with one attached hydrogen (secondary N) is 1. The van der Waals surface area contributed by atoms with Gasteiger partial charge in [0.15, 0.2) is 0 Å². The Labute approximate surface area is 114 Å². The Morgan fingerprint density at radius 1 is 1.11 bits per heavy atom. The van der Waals surface area contributed by atoms with Crippen molar-refractivity contribution in [3.05, 3.63) is 42.0 Å². The van der Waals surface area contributed by atoms with Crippen LogP contribution in [0.1, 0.15) is 19.4 Å². The summed E-state index contributed by atoms with van der Waals surface area (Å²) in [5.41, 5.74) is 2.42. The molecule has 0 aliphatic carbocycles. The Morgan fingerprint density at radius 3 is 2.56 bits per heavy atom. The third-order valence-corrected chi connectivity index (χ3v) is 3.03. The first kappa shape index (κ1) is 12.9. The summed E-state index contributed by atoms with van der Waals surface area (Å²) in [6.07, 6.45) is 0. The van der Waals surface area contributed by atoms with Gasteiger partial charge in [-0.2, -0.15) is 0 Å². The molecule has 0 bridgehead atoms. The monoisotopic (exact) mass is 260 g/mol. The second-order valence-electron chi connectivity index (χ2n) is 4.92. The van der Waals surface area contributed by atoms with Crippen molar-refractivity contribution in [3.8, 4) is 0 Å². The number of anilines is 1. The van der Waals surface area contributed by atoms with Crippen LogP contribution >= 0.6 is 12.4 Å². The van der Waals surface area contributed by atoms with Crippen LogP contribution < -0.4 is 5.32 Å². The summed E-state index contributed by atoms with van der Waals surface area (Å²) in [6, 6.07) is 12.7. The molecule has 2 aromatic rings. The highest BCUT2D eigenvalue weighted by atomic mass is 35.5. The minimum absolute atomic E-state index is 0.